The van der Waals surface area contributed by atoms with E-state index < -0.39 is 0 Å². The largest absolute Gasteiger partial charge is 0.497 e. The van der Waals surface area contributed by atoms with E-state index in [1.165, 1.54) is 0 Å². The Morgan fingerprint density at radius 3 is 2.48 bits per heavy atom. The number of methoxy groups -OCH3 is 1. The molecule has 3 rings (SSSR count). The van der Waals surface area contributed by atoms with E-state index in [1.807, 2.05) is 68.1 Å². The van der Waals surface area contributed by atoms with Gasteiger partial charge in [-0.25, -0.2) is 4.79 Å². The lowest BCUT2D eigenvalue weighted by atomic mass is 9.89. The molecule has 6 heteroatoms. The van der Waals surface area contributed by atoms with Crippen LogP contribution in [0.3, 0.4) is 0 Å². The fourth-order valence-electron chi connectivity index (χ4n) is 3.96. The summed E-state index contributed by atoms with van der Waals surface area (Å²) in [5.41, 5.74) is 2.76. The van der Waals surface area contributed by atoms with E-state index in [1.54, 1.807) is 7.11 Å². The highest BCUT2D eigenvalue weighted by Gasteiger charge is 2.25. The van der Waals surface area contributed by atoms with Crippen molar-refractivity contribution < 1.29 is 14.3 Å². The zero-order chi connectivity index (χ0) is 22.4. The van der Waals surface area contributed by atoms with E-state index >= 15 is 0 Å². The highest BCUT2D eigenvalue weighted by molar-refractivity contribution is 5.94. The number of likely N-dealkylation sites (tertiary alicyclic amines) is 1. The Labute approximate surface area is 185 Å². The first kappa shape index (κ1) is 22.7. The molecule has 2 aromatic rings. The number of piperidine rings is 1. The van der Waals surface area contributed by atoms with E-state index in [4.69, 9.17) is 4.74 Å². The van der Waals surface area contributed by atoms with E-state index in [0.717, 1.165) is 36.3 Å². The number of ether oxygens (including phenoxy) is 1. The van der Waals surface area contributed by atoms with Crippen molar-refractivity contribution in [3.63, 3.8) is 0 Å². The van der Waals surface area contributed by atoms with Crippen LogP contribution in [-0.2, 0) is 0 Å². The predicted octanol–water partition coefficient (Wildman–Crippen LogP) is 4.48. The average Bonchev–Trinajstić information content (AvgIpc) is 2.78. The molecule has 1 saturated heterocycles. The molecule has 0 unspecified atom stereocenters. The molecule has 6 nitrogen and oxygen atoms in total. The third-order valence-corrected chi connectivity index (χ3v) is 5.70. The van der Waals surface area contributed by atoms with Crippen LogP contribution >= 0.6 is 0 Å². The molecule has 166 valence electrons. The Bertz CT molecular complexity index is 895. The number of nitrogens with one attached hydrogen (secondary N) is 2. The first-order valence-corrected chi connectivity index (χ1v) is 11.0. The zero-order valence-electron chi connectivity index (χ0n) is 18.9. The summed E-state index contributed by atoms with van der Waals surface area (Å²) in [4.78, 5) is 27.2. The summed E-state index contributed by atoms with van der Waals surface area (Å²) in [5, 5.41) is 6.05. The number of amides is 3. The van der Waals surface area contributed by atoms with Gasteiger partial charge < -0.3 is 20.3 Å². The van der Waals surface area contributed by atoms with Crippen LogP contribution in [0.15, 0.2) is 48.5 Å². The second-order valence-electron chi connectivity index (χ2n) is 8.48. The molecule has 31 heavy (non-hydrogen) atoms. The molecule has 0 spiro atoms. The molecule has 2 N–H and O–H groups in total. The van der Waals surface area contributed by atoms with Crippen molar-refractivity contribution in [2.45, 2.75) is 51.6 Å². The van der Waals surface area contributed by atoms with Gasteiger partial charge in [0.1, 0.15) is 5.75 Å². The molecule has 0 radical (unpaired) electrons. The number of hydrogen-bond donors (Lipinski definition) is 2. The van der Waals surface area contributed by atoms with Crippen LogP contribution in [0.5, 0.6) is 5.75 Å². The van der Waals surface area contributed by atoms with Gasteiger partial charge in [0.25, 0.3) is 5.91 Å². The van der Waals surface area contributed by atoms with Crippen LogP contribution in [-0.4, -0.2) is 43.1 Å². The van der Waals surface area contributed by atoms with Gasteiger partial charge >= 0.3 is 6.03 Å². The highest BCUT2D eigenvalue weighted by atomic mass is 16.5. The molecule has 0 bridgehead atoms. The van der Waals surface area contributed by atoms with E-state index in [0.29, 0.717) is 12.1 Å². The fraction of sp³-hybridized carbons (Fsp3) is 0.440. The minimum Gasteiger partial charge on any atom is -0.497 e. The summed E-state index contributed by atoms with van der Waals surface area (Å²) >= 11 is 0. The van der Waals surface area contributed by atoms with Crippen molar-refractivity contribution in [1.29, 1.82) is 0 Å². The lowest BCUT2D eigenvalue weighted by Crippen LogP contribution is -2.47. The van der Waals surface area contributed by atoms with Gasteiger partial charge in [-0.05, 0) is 69.0 Å². The van der Waals surface area contributed by atoms with Gasteiger partial charge in [0, 0.05) is 30.6 Å². The molecule has 2 atom stereocenters. The number of rotatable bonds is 6. The number of hydrogen-bond acceptors (Lipinski definition) is 3. The summed E-state index contributed by atoms with van der Waals surface area (Å²) in [7, 11) is 1.63. The Morgan fingerprint density at radius 2 is 1.81 bits per heavy atom. The van der Waals surface area contributed by atoms with Gasteiger partial charge in [-0.3, -0.25) is 4.79 Å². The summed E-state index contributed by atoms with van der Waals surface area (Å²) in [6.45, 7) is 7.35. The molecular weight excluding hydrogens is 390 g/mol. The second-order valence-corrected chi connectivity index (χ2v) is 8.48. The topological polar surface area (TPSA) is 70.7 Å². The van der Waals surface area contributed by atoms with Crippen molar-refractivity contribution in [2.75, 3.05) is 20.2 Å². The fourth-order valence-corrected chi connectivity index (χ4v) is 3.96. The van der Waals surface area contributed by atoms with E-state index in [2.05, 4.69) is 16.7 Å². The minimum atomic E-state index is -0.119. The Kier molecular flexibility index (Phi) is 7.55. The van der Waals surface area contributed by atoms with Crippen LogP contribution in [0, 0.1) is 0 Å². The predicted molar refractivity (Wildman–Crippen MR) is 123 cm³/mol. The quantitative estimate of drug-likeness (QED) is 0.719. The zero-order valence-corrected chi connectivity index (χ0v) is 18.9. The van der Waals surface area contributed by atoms with Gasteiger partial charge in [0.05, 0.1) is 13.2 Å². The third-order valence-electron chi connectivity index (χ3n) is 5.70. The SMILES string of the molecule is COc1ccc([C@@H](C)NC(=O)c2cccc([C@@H]3CCCN(C(=O)NC(C)C)C3)c2)cc1. The van der Waals surface area contributed by atoms with Crippen LogP contribution in [0.2, 0.25) is 0 Å². The molecule has 1 heterocycles. The van der Waals surface area contributed by atoms with Crippen LogP contribution in [0.1, 0.15) is 67.1 Å². The van der Waals surface area contributed by atoms with E-state index in [9.17, 15) is 9.59 Å². The first-order valence-electron chi connectivity index (χ1n) is 11.0. The lowest BCUT2D eigenvalue weighted by Gasteiger charge is -2.33. The summed E-state index contributed by atoms with van der Waals surface area (Å²) in [6.07, 6.45) is 1.97. The third kappa shape index (κ3) is 6.00. The molecule has 1 aliphatic rings. The normalized spacial score (nSPS) is 17.2. The van der Waals surface area contributed by atoms with Gasteiger partial charge in [-0.2, -0.15) is 0 Å². The maximum Gasteiger partial charge on any atom is 0.317 e. The van der Waals surface area contributed by atoms with Gasteiger partial charge in [0.15, 0.2) is 0 Å². The Hall–Kier alpha value is -3.02. The number of nitrogens with zero attached hydrogens (tertiary/aromatic N) is 1. The smallest absolute Gasteiger partial charge is 0.317 e. The van der Waals surface area contributed by atoms with Crippen LogP contribution < -0.4 is 15.4 Å². The van der Waals surface area contributed by atoms with Gasteiger partial charge in [-0.1, -0.05) is 24.3 Å². The second kappa shape index (κ2) is 10.3. The molecule has 3 amide bonds. The van der Waals surface area contributed by atoms with Crippen molar-refractivity contribution in [3.8, 4) is 5.75 Å². The summed E-state index contributed by atoms with van der Waals surface area (Å²) in [5.74, 6) is 0.924. The van der Waals surface area contributed by atoms with E-state index in [-0.39, 0.29) is 29.9 Å². The molecule has 0 aliphatic carbocycles. The lowest BCUT2D eigenvalue weighted by molar-refractivity contribution is 0.0939. The summed E-state index contributed by atoms with van der Waals surface area (Å²) in [6, 6.07) is 15.5. The number of urea groups is 1. The maximum atomic E-state index is 12.9. The monoisotopic (exact) mass is 423 g/mol. The van der Waals surface area contributed by atoms with Crippen LogP contribution in [0.25, 0.3) is 0 Å². The highest BCUT2D eigenvalue weighted by Crippen LogP contribution is 2.28. The van der Waals surface area contributed by atoms with Crippen molar-refractivity contribution in [3.05, 3.63) is 65.2 Å². The maximum absolute atomic E-state index is 12.9. The molecule has 0 aromatic heterocycles. The van der Waals surface area contributed by atoms with Crippen molar-refractivity contribution >= 4 is 11.9 Å². The molecule has 2 aromatic carbocycles. The van der Waals surface area contributed by atoms with Crippen molar-refractivity contribution in [1.82, 2.24) is 15.5 Å². The van der Waals surface area contributed by atoms with Gasteiger partial charge in [0.2, 0.25) is 0 Å². The standard InChI is InChI=1S/C25H33N3O3/c1-17(2)26-25(30)28-14-6-9-22(16-28)20-7-5-8-21(15-20)24(29)27-18(3)19-10-12-23(31-4)13-11-19/h5,7-8,10-13,15,17-18,22H,6,9,14,16H2,1-4H3,(H,26,30)(H,27,29)/t18-,22-/m1/s1. The Morgan fingerprint density at radius 1 is 1.06 bits per heavy atom. The number of carbonyl (C=O) groups is 2. The molecular formula is C25H33N3O3. The molecule has 1 fully saturated rings. The minimum absolute atomic E-state index is 0.0121. The van der Waals surface area contributed by atoms with Crippen molar-refractivity contribution in [2.24, 2.45) is 0 Å². The molecule has 0 saturated carbocycles. The number of carbonyl (C=O) groups excluding carboxylic acids is 2. The summed E-state index contributed by atoms with van der Waals surface area (Å²) < 4.78 is 5.20. The first-order chi connectivity index (χ1) is 14.9. The Balaban J connectivity index is 1.66. The molecule has 1 aliphatic heterocycles. The average molecular weight is 424 g/mol. The van der Waals surface area contributed by atoms with Crippen LogP contribution in [0.4, 0.5) is 4.79 Å². The van der Waals surface area contributed by atoms with Gasteiger partial charge in [-0.15, -0.1) is 0 Å². The number of benzene rings is 2.